The number of pyridine rings is 1. The van der Waals surface area contributed by atoms with Crippen LogP contribution >= 0.6 is 24.0 Å². The number of hydrogen-bond donors (Lipinski definition) is 2. The Morgan fingerprint density at radius 2 is 2.29 bits per heavy atom. The van der Waals surface area contributed by atoms with E-state index in [1.165, 1.54) is 6.07 Å². The molecule has 0 saturated heterocycles. The lowest BCUT2D eigenvalue weighted by molar-refractivity contribution is 0.0695. The molecular formula is C8H10Cl2N2O2. The van der Waals surface area contributed by atoms with Gasteiger partial charge >= 0.3 is 5.97 Å². The molecule has 3 N–H and O–H groups in total. The van der Waals surface area contributed by atoms with Gasteiger partial charge in [0.2, 0.25) is 0 Å². The molecule has 1 aromatic heterocycles. The van der Waals surface area contributed by atoms with Gasteiger partial charge in [-0.1, -0.05) is 11.6 Å². The fourth-order valence-electron chi connectivity index (χ4n) is 0.967. The highest BCUT2D eigenvalue weighted by Gasteiger charge is 2.12. The largest absolute Gasteiger partial charge is 0.478 e. The van der Waals surface area contributed by atoms with Crippen molar-refractivity contribution < 1.29 is 9.90 Å². The van der Waals surface area contributed by atoms with Crippen molar-refractivity contribution in [2.24, 2.45) is 5.73 Å². The summed E-state index contributed by atoms with van der Waals surface area (Å²) >= 11 is 5.71. The Bertz CT molecular complexity index is 355. The Morgan fingerprint density at radius 1 is 1.71 bits per heavy atom. The van der Waals surface area contributed by atoms with Crippen molar-refractivity contribution >= 4 is 30.0 Å². The molecule has 0 amide bonds. The monoisotopic (exact) mass is 236 g/mol. The number of carboxylic acid groups (broad SMARTS) is 1. The van der Waals surface area contributed by atoms with Gasteiger partial charge in [0, 0.05) is 6.54 Å². The molecule has 4 nitrogen and oxygen atoms in total. The third-order valence-corrected chi connectivity index (χ3v) is 2.04. The minimum absolute atomic E-state index is 0. The maximum absolute atomic E-state index is 10.7. The molecule has 0 aromatic carbocycles. The first-order valence-corrected chi connectivity index (χ1v) is 4.03. The van der Waals surface area contributed by atoms with Gasteiger partial charge in [-0.3, -0.25) is 0 Å². The molecule has 0 aliphatic carbocycles. The van der Waals surface area contributed by atoms with Crippen LogP contribution in [-0.2, 0) is 6.54 Å². The summed E-state index contributed by atoms with van der Waals surface area (Å²) in [5.74, 6) is -1.03. The van der Waals surface area contributed by atoms with E-state index in [4.69, 9.17) is 22.4 Å². The van der Waals surface area contributed by atoms with Crippen LogP contribution in [0.15, 0.2) is 6.07 Å². The van der Waals surface area contributed by atoms with Crippen LogP contribution in [0.2, 0.25) is 5.15 Å². The van der Waals surface area contributed by atoms with Gasteiger partial charge < -0.3 is 10.8 Å². The van der Waals surface area contributed by atoms with Crippen molar-refractivity contribution in [2.45, 2.75) is 13.5 Å². The Balaban J connectivity index is 0.00000169. The molecule has 0 spiro atoms. The lowest BCUT2D eigenvalue weighted by Crippen LogP contribution is -2.10. The van der Waals surface area contributed by atoms with E-state index in [1.807, 2.05) is 0 Å². The molecule has 0 bridgehead atoms. The standard InChI is InChI=1S/C8H9ClN2O2.ClH/c1-4-2-5(8(12)13)6(3-10)11-7(4)9;/h2H,3,10H2,1H3,(H,12,13);1H. The van der Waals surface area contributed by atoms with Crippen molar-refractivity contribution in [2.75, 3.05) is 0 Å². The topological polar surface area (TPSA) is 76.2 Å². The minimum Gasteiger partial charge on any atom is -0.478 e. The Hall–Kier alpha value is -0.840. The first-order valence-electron chi connectivity index (χ1n) is 3.65. The van der Waals surface area contributed by atoms with Gasteiger partial charge in [0.1, 0.15) is 5.15 Å². The van der Waals surface area contributed by atoms with E-state index in [9.17, 15) is 4.79 Å². The number of hydrogen-bond acceptors (Lipinski definition) is 3. The van der Waals surface area contributed by atoms with E-state index in [0.29, 0.717) is 16.4 Å². The fourth-order valence-corrected chi connectivity index (χ4v) is 1.12. The Morgan fingerprint density at radius 3 is 2.71 bits per heavy atom. The third-order valence-electron chi connectivity index (χ3n) is 1.65. The molecule has 0 fully saturated rings. The van der Waals surface area contributed by atoms with Gasteiger partial charge in [0.05, 0.1) is 11.3 Å². The zero-order valence-corrected chi connectivity index (χ0v) is 9.02. The summed E-state index contributed by atoms with van der Waals surface area (Å²) in [6, 6.07) is 1.47. The summed E-state index contributed by atoms with van der Waals surface area (Å²) in [5.41, 5.74) is 6.38. The van der Waals surface area contributed by atoms with Gasteiger partial charge in [-0.2, -0.15) is 0 Å². The summed E-state index contributed by atoms with van der Waals surface area (Å²) in [5, 5.41) is 9.07. The number of aryl methyl sites for hydroxylation is 1. The van der Waals surface area contributed by atoms with Crippen LogP contribution in [0.3, 0.4) is 0 Å². The molecule has 0 saturated carbocycles. The summed E-state index contributed by atoms with van der Waals surface area (Å²) < 4.78 is 0. The van der Waals surface area contributed by atoms with Crippen LogP contribution in [0.1, 0.15) is 21.6 Å². The number of carboxylic acids is 1. The second-order valence-corrected chi connectivity index (χ2v) is 2.96. The van der Waals surface area contributed by atoms with Gasteiger partial charge in [0.25, 0.3) is 0 Å². The highest BCUT2D eigenvalue weighted by atomic mass is 35.5. The van der Waals surface area contributed by atoms with Gasteiger partial charge in [-0.25, -0.2) is 9.78 Å². The molecule has 0 atom stereocenters. The van der Waals surface area contributed by atoms with Crippen LogP contribution in [0.5, 0.6) is 0 Å². The number of halogens is 2. The van der Waals surface area contributed by atoms with E-state index in [-0.39, 0.29) is 24.5 Å². The number of nitrogens with two attached hydrogens (primary N) is 1. The number of carbonyl (C=O) groups is 1. The summed E-state index contributed by atoms with van der Waals surface area (Å²) in [6.07, 6.45) is 0. The van der Waals surface area contributed by atoms with E-state index in [1.54, 1.807) is 6.92 Å². The average Bonchev–Trinajstić information content (AvgIpc) is 2.08. The SMILES string of the molecule is Cc1cc(C(=O)O)c(CN)nc1Cl.Cl. The maximum atomic E-state index is 10.7. The van der Waals surface area contributed by atoms with E-state index >= 15 is 0 Å². The quantitative estimate of drug-likeness (QED) is 0.766. The highest BCUT2D eigenvalue weighted by molar-refractivity contribution is 6.30. The van der Waals surface area contributed by atoms with Crippen LogP contribution in [0.25, 0.3) is 0 Å². The molecule has 0 radical (unpaired) electrons. The van der Waals surface area contributed by atoms with Crippen LogP contribution in [0.4, 0.5) is 0 Å². The van der Waals surface area contributed by atoms with Gasteiger partial charge in [-0.15, -0.1) is 12.4 Å². The molecule has 0 aliphatic rings. The average molecular weight is 237 g/mol. The highest BCUT2D eigenvalue weighted by Crippen LogP contribution is 2.16. The van der Waals surface area contributed by atoms with Crippen LogP contribution < -0.4 is 5.73 Å². The number of rotatable bonds is 2. The number of nitrogens with zero attached hydrogens (tertiary/aromatic N) is 1. The van der Waals surface area contributed by atoms with Crippen molar-refractivity contribution in [3.05, 3.63) is 28.0 Å². The first kappa shape index (κ1) is 13.2. The van der Waals surface area contributed by atoms with Crippen molar-refractivity contribution in [1.29, 1.82) is 0 Å². The zero-order valence-electron chi connectivity index (χ0n) is 7.45. The van der Waals surface area contributed by atoms with Crippen LogP contribution in [-0.4, -0.2) is 16.1 Å². The first-order chi connectivity index (χ1) is 6.06. The molecular weight excluding hydrogens is 227 g/mol. The zero-order chi connectivity index (χ0) is 10.0. The lowest BCUT2D eigenvalue weighted by Gasteiger charge is -2.04. The molecule has 1 heterocycles. The third kappa shape index (κ3) is 2.57. The second kappa shape index (κ2) is 5.14. The number of aromatic carboxylic acids is 1. The summed E-state index contributed by atoms with van der Waals surface area (Å²) in [6.45, 7) is 1.77. The molecule has 0 unspecified atom stereocenters. The minimum atomic E-state index is -1.03. The maximum Gasteiger partial charge on any atom is 0.337 e. The molecule has 78 valence electrons. The molecule has 1 aromatic rings. The van der Waals surface area contributed by atoms with Crippen molar-refractivity contribution in [1.82, 2.24) is 4.98 Å². The smallest absolute Gasteiger partial charge is 0.337 e. The lowest BCUT2D eigenvalue weighted by atomic mass is 10.1. The van der Waals surface area contributed by atoms with Gasteiger partial charge in [0.15, 0.2) is 0 Å². The van der Waals surface area contributed by atoms with Crippen molar-refractivity contribution in [3.63, 3.8) is 0 Å². The molecule has 14 heavy (non-hydrogen) atoms. The van der Waals surface area contributed by atoms with Crippen LogP contribution in [0, 0.1) is 6.92 Å². The van der Waals surface area contributed by atoms with Gasteiger partial charge in [-0.05, 0) is 18.6 Å². The Labute approximate surface area is 92.5 Å². The van der Waals surface area contributed by atoms with E-state index < -0.39 is 5.97 Å². The van der Waals surface area contributed by atoms with E-state index in [0.717, 1.165) is 0 Å². The molecule has 1 rings (SSSR count). The predicted molar refractivity (Wildman–Crippen MR) is 56.1 cm³/mol. The summed E-state index contributed by atoms with van der Waals surface area (Å²) in [7, 11) is 0. The van der Waals surface area contributed by atoms with Crippen molar-refractivity contribution in [3.8, 4) is 0 Å². The fraction of sp³-hybridized carbons (Fsp3) is 0.250. The predicted octanol–water partition coefficient (Wildman–Crippen LogP) is 1.62. The summed E-state index contributed by atoms with van der Waals surface area (Å²) in [4.78, 5) is 14.6. The number of aromatic nitrogens is 1. The van der Waals surface area contributed by atoms with E-state index in [2.05, 4.69) is 4.98 Å². The second-order valence-electron chi connectivity index (χ2n) is 2.60. The normalized spacial score (nSPS) is 9.36. The Kier molecular flexibility index (Phi) is 4.83. The molecule has 6 heteroatoms. The molecule has 0 aliphatic heterocycles.